The van der Waals surface area contributed by atoms with Crippen molar-refractivity contribution in [1.82, 2.24) is 107 Å². The molecule has 10 aliphatic heterocycles. The molecule has 9 saturated heterocycles. The predicted molar refractivity (Wildman–Crippen MR) is 465 cm³/mol. The lowest BCUT2D eigenvalue weighted by Gasteiger charge is -2.29. The molecule has 0 bridgehead atoms. The molecular formula is C64H70F6N26O27P6S6. The number of nitrogens with two attached hydrogens (primary N) is 3. The molecule has 9 fully saturated rings. The van der Waals surface area contributed by atoms with Crippen LogP contribution in [0, 0.1) is 20.8 Å². The molecule has 13 N–H and O–H groups in total. The Balaban J connectivity index is 0.000000130. The van der Waals surface area contributed by atoms with Crippen molar-refractivity contribution in [3.05, 3.63) is 101 Å². The van der Waals surface area contributed by atoms with E-state index in [9.17, 15) is 43.4 Å². The van der Waals surface area contributed by atoms with Crippen molar-refractivity contribution >= 4 is 197 Å². The number of nitrogens with zero attached hydrogens (tertiary/aromatic N) is 21. The van der Waals surface area contributed by atoms with E-state index in [4.69, 9.17) is 159 Å². The third-order valence-electron chi connectivity index (χ3n) is 22.2. The van der Waals surface area contributed by atoms with Gasteiger partial charge < -0.3 is 103 Å². The first-order valence-electron chi connectivity index (χ1n) is 39.5. The van der Waals surface area contributed by atoms with Gasteiger partial charge in [0.2, 0.25) is 0 Å². The molecule has 726 valence electrons. The van der Waals surface area contributed by atoms with Crippen LogP contribution in [0.5, 0.6) is 0 Å². The third-order valence-corrected chi connectivity index (χ3v) is 31.6. The Labute approximate surface area is 779 Å². The summed E-state index contributed by atoms with van der Waals surface area (Å²) in [4.78, 5) is 158. The summed E-state index contributed by atoms with van der Waals surface area (Å²) in [7, 11) is 0. The highest BCUT2D eigenvalue weighted by atomic mass is 32.7. The molecule has 21 heterocycles. The minimum atomic E-state index is -4.36. The van der Waals surface area contributed by atoms with Crippen LogP contribution in [0.2, 0.25) is 0 Å². The second-order valence-corrected chi connectivity index (χ2v) is 47.8. The van der Waals surface area contributed by atoms with Gasteiger partial charge in [-0.1, -0.05) is 12.2 Å². The van der Waals surface area contributed by atoms with Gasteiger partial charge in [0.15, 0.2) is 143 Å². The number of hydrogen-bond acceptors (Lipinski definition) is 45. The van der Waals surface area contributed by atoms with Gasteiger partial charge in [0.05, 0.1) is 89.7 Å². The van der Waals surface area contributed by atoms with Crippen LogP contribution < -0.4 is 28.3 Å². The fraction of sp³-hybridized carbons (Fsp3) is 0.531. The number of nitrogen functional groups attached to an aromatic ring is 2. The first-order chi connectivity index (χ1) is 63.9. The number of thiol groups is 1. The molecule has 10 aliphatic rings. The Morgan fingerprint density at radius 2 is 0.667 bits per heavy atom. The molecular weight excluding hydrogens is 2060 g/mol. The first kappa shape index (κ1) is 96.7. The van der Waals surface area contributed by atoms with E-state index in [0.29, 0.717) is 11.2 Å². The van der Waals surface area contributed by atoms with Gasteiger partial charge in [-0.15, -0.1) is 0 Å². The van der Waals surface area contributed by atoms with E-state index in [0.717, 1.165) is 34.4 Å². The zero-order chi connectivity index (χ0) is 95.5. The summed E-state index contributed by atoms with van der Waals surface area (Å²) in [6.07, 6.45) is -27.9. The molecule has 0 spiro atoms. The Bertz CT molecular complexity index is 6860. The van der Waals surface area contributed by atoms with Gasteiger partial charge in [-0.25, -0.2) is 106 Å². The largest absolute Gasteiger partial charge is 0.387 e. The number of alkyl halides is 6. The number of Topliss-reactive ketones (excluding diaryl/α,β-unsaturated/α-hetero) is 1. The number of aliphatic imine (C=N–C) groups is 1. The topological polar surface area (TPSA) is 668 Å². The van der Waals surface area contributed by atoms with Gasteiger partial charge in [0, 0.05) is 0 Å². The van der Waals surface area contributed by atoms with Gasteiger partial charge in [-0.2, -0.15) is 0 Å². The Hall–Kier alpha value is -7.21. The van der Waals surface area contributed by atoms with Crippen LogP contribution in [0.15, 0.2) is 71.5 Å². The number of rotatable bonds is 6. The number of carbonyl (C=O) groups is 1. The molecule has 0 aromatic carbocycles. The van der Waals surface area contributed by atoms with E-state index in [2.05, 4.69) is 97.0 Å². The fourth-order valence-corrected chi connectivity index (χ4v) is 24.8. The number of aryl methyl sites for hydroxylation is 3. The lowest BCUT2D eigenvalue weighted by atomic mass is 10.1. The number of nitrogens with one attached hydrogen (secondary N) is 2. The molecule has 11 aromatic rings. The van der Waals surface area contributed by atoms with E-state index >= 15 is 26.3 Å². The van der Waals surface area contributed by atoms with Gasteiger partial charge in [0.1, 0.15) is 126 Å². The van der Waals surface area contributed by atoms with Gasteiger partial charge in [0.25, 0.3) is 11.1 Å². The highest BCUT2D eigenvalue weighted by Crippen LogP contribution is 2.61. The zero-order valence-corrected chi connectivity index (χ0v) is 78.6. The predicted octanol–water partition coefficient (Wildman–Crippen LogP) is 3.29. The molecule has 135 heavy (non-hydrogen) atoms. The summed E-state index contributed by atoms with van der Waals surface area (Å²) < 4.78 is 218. The van der Waals surface area contributed by atoms with Crippen LogP contribution in [0.25, 0.3) is 55.8 Å². The average Bonchev–Trinajstić information content (AvgIpc) is 1.65. The minimum Gasteiger partial charge on any atom is -0.387 e. The quantitative estimate of drug-likeness (QED) is 0.0646. The maximum Gasteiger partial charge on any atom is 0.386 e. The molecule has 53 nitrogen and oxygen atoms in total. The molecule has 30 atom stereocenters. The highest BCUT2D eigenvalue weighted by Gasteiger charge is 2.59. The number of ether oxygens (including phenoxy) is 6. The number of fused-ring (bicyclic) bond motifs is 12. The molecule has 0 amide bonds. The molecule has 0 aliphatic carbocycles. The summed E-state index contributed by atoms with van der Waals surface area (Å²) in [6, 6.07) is 0. The molecule has 0 radical (unpaired) electrons. The minimum absolute atomic E-state index is 0.00726. The SMILES string of the molecule is Cc1nc2c(ncn2[C@@H]2O[C@@H]3COP(O)(=S)O[C@H]4[C@@H](F)[C@H](n5cnc6c(N)ncnc65)O[C@@H]4COP(O)(=S)O[C@H]3[C@H]2F)c(=O)[nH]1.Cc1nc2c(ncn2[C@@H]2O[C@@H]3COP(O)(=S)O[C@H]4[C@@H](F)[C@H](n5cnc6c5N=C(N)CC6=O)O[C@@H]4COP(O)(=S)O[C@H]3[C@H]2F)c(=O)[nH]1.Cc1ncnc2c1ncn2[C@@H]1O[C@@H]2COP(O)(=S)O[C@H]3[C@@H](F)[C@H](n4cnc5c(N)ncnc54)O[C@@H]3COP(=O)(S)O[C@H]2[C@H]1F. The Kier molecular flexibility index (Phi) is 26.5. The summed E-state index contributed by atoms with van der Waals surface area (Å²) in [5, 5.41) is 0. The summed E-state index contributed by atoms with van der Waals surface area (Å²) >= 11 is 29.8. The third kappa shape index (κ3) is 18.9. The lowest BCUT2D eigenvalue weighted by Crippen LogP contribution is -2.37. The molecule has 21 rings (SSSR count). The zero-order valence-electron chi connectivity index (χ0n) is 68.3. The van der Waals surface area contributed by atoms with Crippen molar-refractivity contribution in [3.8, 4) is 0 Å². The van der Waals surface area contributed by atoms with Gasteiger partial charge in [-0.3, -0.25) is 73.5 Å². The van der Waals surface area contributed by atoms with Crippen LogP contribution in [0.1, 0.15) is 71.6 Å². The normalized spacial score (nSPS) is 38.2. The number of halogens is 6. The first-order valence-corrected chi connectivity index (χ1v) is 55.1. The number of aromatic amines is 2. The van der Waals surface area contributed by atoms with Crippen molar-refractivity contribution in [2.24, 2.45) is 10.7 Å². The number of imidazole rings is 6. The van der Waals surface area contributed by atoms with E-state index in [1.54, 1.807) is 6.92 Å². The van der Waals surface area contributed by atoms with E-state index in [-0.39, 0.29) is 97.4 Å². The summed E-state index contributed by atoms with van der Waals surface area (Å²) in [5.41, 5.74) is 18.1. The van der Waals surface area contributed by atoms with Crippen molar-refractivity contribution < 1.29 is 143 Å². The van der Waals surface area contributed by atoms with Gasteiger partial charge in [-0.05, 0) is 79.8 Å². The molecule has 11 aromatic heterocycles. The second kappa shape index (κ2) is 37.0. The number of anilines is 2. The number of H-pyrrole nitrogens is 2. The number of aromatic nitrogens is 22. The highest BCUT2D eigenvalue weighted by molar-refractivity contribution is 8.44. The number of amidine groups is 1. The molecule has 6 unspecified atom stereocenters. The van der Waals surface area contributed by atoms with Crippen LogP contribution >= 0.6 is 52.6 Å². The fourth-order valence-electron chi connectivity index (χ4n) is 16.2. The molecule has 71 heteroatoms. The smallest absolute Gasteiger partial charge is 0.386 e. The second-order valence-electron chi connectivity index (χ2n) is 31.0. The number of carbonyl (C=O) groups excluding carboxylic acids is 1. The number of hydrogen-bond donors (Lipinski definition) is 11. The van der Waals surface area contributed by atoms with Crippen molar-refractivity contribution in [1.29, 1.82) is 0 Å². The Morgan fingerprint density at radius 1 is 0.385 bits per heavy atom. The molecule has 0 saturated carbocycles. The standard InChI is InChI=1S/C22H24F2N8O10P2S2.C21H23F2N9O9P2S2.C21H23F2N9O8P2S2/c1-7-28-19-15(20(34)29-7)27-6-32(19)22-13(24)17-10(40-22)4-38-43(35,45)41-16-9(3-37-44(36,46)42-17)39-21(12(16)23)31-5-26-14-8(33)2-11(25)30-18(14)31;1-7-29-18-13(19(33)30-7)28-6-32(18)21-11(23)15-9(39-21)3-37-42(34,44)40-14-8(2-36-43(35,45)41-15)38-20(10(14)22)31-5-27-12-16(24)25-4-26-17(12)31;1-8-13-18(27-4-25-8)31(6-29-13)20-11(22)15-9(37-20)2-35-42(34,44)40-16-10(3-36-41(33,43)39-15)38-21(12(16)23)32-7-30-14-17(24)26-5-28-19(14)32/h5-6,9-10,12-13,16-17,21-22H,2-4H2,1H3,(H2,25,30)(H,35,45)(H,36,46)(H,28,29,34);4-6,8-11,14-15,20-21H,2-3H2,1H3,(H,34,44)(H,35,45)(H2,24,25,26)(H,29,30,33);4-7,9-12,15-16,20-21H,2-3H2,1H3,(H,33,43)(H,34,44)(H2,24,26,28)/t9-,10-,12-,13-,16-,17-,21-,22-,43?,44?;8-,9-,10-,11-,14-,15-,20-,21-,42?,43?;9-,10-,11-,12-,15-,16-,20-,21-,41?,42?/m111/s1. The summed E-state index contributed by atoms with van der Waals surface area (Å²) in [6.45, 7) is -24.8. The Morgan fingerprint density at radius 3 is 1.01 bits per heavy atom. The van der Waals surface area contributed by atoms with Crippen LogP contribution in [-0.4, -0.2) is 293 Å². The van der Waals surface area contributed by atoms with Crippen LogP contribution in [-0.2, 0) is 146 Å². The number of ketones is 1. The van der Waals surface area contributed by atoms with Crippen molar-refractivity contribution in [3.63, 3.8) is 0 Å². The van der Waals surface area contributed by atoms with E-state index < -0.39 is 245 Å². The lowest BCUT2D eigenvalue weighted by molar-refractivity contribution is -0.0586. The van der Waals surface area contributed by atoms with Crippen molar-refractivity contribution in [2.75, 3.05) is 51.1 Å². The van der Waals surface area contributed by atoms with Crippen molar-refractivity contribution in [2.45, 2.75) is 175 Å². The maximum atomic E-state index is 16.0. The van der Waals surface area contributed by atoms with Crippen LogP contribution in [0.4, 0.5) is 43.8 Å². The van der Waals surface area contributed by atoms with E-state index in [1.807, 2.05) is 0 Å². The van der Waals surface area contributed by atoms with Gasteiger partial charge >= 0.3 is 40.4 Å². The van der Waals surface area contributed by atoms with E-state index in [1.165, 1.54) is 63.8 Å². The average molecular weight is 2130 g/mol. The maximum absolute atomic E-state index is 16.0. The summed E-state index contributed by atoms with van der Waals surface area (Å²) in [5.74, 6) is 0.0918. The monoisotopic (exact) mass is 2130 g/mol. The van der Waals surface area contributed by atoms with Crippen LogP contribution in [0.3, 0.4) is 0 Å².